The van der Waals surface area contributed by atoms with Gasteiger partial charge in [0.05, 0.1) is 25.3 Å². The van der Waals surface area contributed by atoms with E-state index in [1.165, 1.54) is 0 Å². The molecule has 2 saturated heterocycles. The van der Waals surface area contributed by atoms with Gasteiger partial charge in [0.15, 0.2) is 0 Å². The SMILES string of the molecule is COC[C@@]12COC[C@@H]1CN(Cc1cc3ccccc3n(C)c1=O)C2. The predicted octanol–water partition coefficient (Wildman–Crippen LogP) is 1.63. The van der Waals surface area contributed by atoms with Crippen LogP contribution in [0.2, 0.25) is 0 Å². The average Bonchev–Trinajstić information content (AvgIpc) is 3.09. The third kappa shape index (κ3) is 2.48. The van der Waals surface area contributed by atoms with Gasteiger partial charge in [-0.3, -0.25) is 9.69 Å². The summed E-state index contributed by atoms with van der Waals surface area (Å²) in [5.74, 6) is 0.502. The molecule has 0 unspecified atom stereocenters. The summed E-state index contributed by atoms with van der Waals surface area (Å²) in [4.78, 5) is 15.1. The molecule has 3 heterocycles. The molecule has 0 bridgehead atoms. The van der Waals surface area contributed by atoms with Crippen molar-refractivity contribution in [3.05, 3.63) is 46.2 Å². The van der Waals surface area contributed by atoms with E-state index < -0.39 is 0 Å². The molecule has 0 saturated carbocycles. The van der Waals surface area contributed by atoms with E-state index in [2.05, 4.69) is 11.0 Å². The normalized spacial score (nSPS) is 27.0. The van der Waals surface area contributed by atoms with Crippen molar-refractivity contribution in [2.24, 2.45) is 18.4 Å². The number of methoxy groups -OCH3 is 1. The Bertz CT molecular complexity index is 816. The zero-order chi connectivity index (χ0) is 16.7. The minimum absolute atomic E-state index is 0.0941. The molecule has 0 N–H and O–H groups in total. The number of rotatable bonds is 4. The number of hydrogen-bond donors (Lipinski definition) is 0. The van der Waals surface area contributed by atoms with E-state index in [0.717, 1.165) is 49.4 Å². The molecule has 5 heteroatoms. The standard InChI is InChI=1S/C19H24N2O3/c1-20-17-6-4-3-5-14(17)7-15(18(20)22)8-21-9-16-10-24-13-19(16,11-21)12-23-2/h3-7,16H,8-13H2,1-2H3/t16-,19-/m0/s1. The first-order valence-corrected chi connectivity index (χ1v) is 8.50. The maximum atomic E-state index is 12.7. The topological polar surface area (TPSA) is 43.7 Å². The van der Waals surface area contributed by atoms with Crippen LogP contribution in [0.25, 0.3) is 10.9 Å². The molecule has 2 fully saturated rings. The lowest BCUT2D eigenvalue weighted by Gasteiger charge is -2.26. The zero-order valence-electron chi connectivity index (χ0n) is 14.3. The number of hydrogen-bond acceptors (Lipinski definition) is 4. The molecular weight excluding hydrogens is 304 g/mol. The molecule has 1 aromatic heterocycles. The van der Waals surface area contributed by atoms with Gasteiger partial charge in [0, 0.05) is 50.7 Å². The third-order valence-corrected chi connectivity index (χ3v) is 5.62. The molecule has 1 aromatic carbocycles. The van der Waals surface area contributed by atoms with Gasteiger partial charge in [-0.25, -0.2) is 0 Å². The lowest BCUT2D eigenvalue weighted by molar-refractivity contribution is 0.0532. The molecule has 128 valence electrons. The summed E-state index contributed by atoms with van der Waals surface area (Å²) < 4.78 is 12.9. The number of aryl methyl sites for hydroxylation is 1. The predicted molar refractivity (Wildman–Crippen MR) is 93.1 cm³/mol. The molecule has 0 spiro atoms. The number of likely N-dealkylation sites (tertiary alicyclic amines) is 1. The van der Waals surface area contributed by atoms with E-state index in [0.29, 0.717) is 12.5 Å². The van der Waals surface area contributed by atoms with Gasteiger partial charge in [-0.1, -0.05) is 18.2 Å². The van der Waals surface area contributed by atoms with E-state index in [1.54, 1.807) is 11.7 Å². The van der Waals surface area contributed by atoms with Crippen molar-refractivity contribution in [3.8, 4) is 0 Å². The Morgan fingerprint density at radius 1 is 1.38 bits per heavy atom. The Morgan fingerprint density at radius 2 is 2.21 bits per heavy atom. The van der Waals surface area contributed by atoms with E-state index >= 15 is 0 Å². The van der Waals surface area contributed by atoms with Crippen LogP contribution in [0.15, 0.2) is 35.1 Å². The van der Waals surface area contributed by atoms with Gasteiger partial charge < -0.3 is 14.0 Å². The Balaban J connectivity index is 1.62. The minimum Gasteiger partial charge on any atom is -0.384 e. The van der Waals surface area contributed by atoms with E-state index in [9.17, 15) is 4.79 Å². The summed E-state index contributed by atoms with van der Waals surface area (Å²) >= 11 is 0. The fraction of sp³-hybridized carbons (Fsp3) is 0.526. The maximum Gasteiger partial charge on any atom is 0.255 e. The quantitative estimate of drug-likeness (QED) is 0.856. The second kappa shape index (κ2) is 5.99. The van der Waals surface area contributed by atoms with Crippen LogP contribution >= 0.6 is 0 Å². The number of benzene rings is 1. The van der Waals surface area contributed by atoms with Crippen LogP contribution in [0.5, 0.6) is 0 Å². The number of aromatic nitrogens is 1. The van der Waals surface area contributed by atoms with Gasteiger partial charge in [-0.15, -0.1) is 0 Å². The monoisotopic (exact) mass is 328 g/mol. The molecular formula is C19H24N2O3. The largest absolute Gasteiger partial charge is 0.384 e. The first-order valence-electron chi connectivity index (χ1n) is 8.50. The Labute approximate surface area is 141 Å². The number of para-hydroxylation sites is 1. The summed E-state index contributed by atoms with van der Waals surface area (Å²) in [5, 5.41) is 1.11. The number of ether oxygens (including phenoxy) is 2. The Kier molecular flexibility index (Phi) is 3.95. The van der Waals surface area contributed by atoms with Crippen molar-refractivity contribution < 1.29 is 9.47 Å². The molecule has 24 heavy (non-hydrogen) atoms. The number of fused-ring (bicyclic) bond motifs is 2. The summed E-state index contributed by atoms with van der Waals surface area (Å²) in [6, 6.07) is 10.1. The smallest absolute Gasteiger partial charge is 0.255 e. The van der Waals surface area contributed by atoms with Crippen LogP contribution in [-0.4, -0.2) is 49.5 Å². The van der Waals surface area contributed by atoms with E-state index in [4.69, 9.17) is 9.47 Å². The first kappa shape index (κ1) is 15.8. The highest BCUT2D eigenvalue weighted by atomic mass is 16.5. The minimum atomic E-state index is 0.0941. The molecule has 0 radical (unpaired) electrons. The fourth-order valence-corrected chi connectivity index (χ4v) is 4.40. The van der Waals surface area contributed by atoms with Crippen LogP contribution < -0.4 is 5.56 Å². The zero-order valence-corrected chi connectivity index (χ0v) is 14.3. The van der Waals surface area contributed by atoms with E-state index in [1.807, 2.05) is 31.3 Å². The highest BCUT2D eigenvalue weighted by molar-refractivity contribution is 5.79. The second-order valence-corrected chi connectivity index (χ2v) is 7.27. The number of nitrogens with zero attached hydrogens (tertiary/aromatic N) is 2. The molecule has 0 amide bonds. The molecule has 5 nitrogen and oxygen atoms in total. The third-order valence-electron chi connectivity index (χ3n) is 5.62. The van der Waals surface area contributed by atoms with Crippen molar-refractivity contribution >= 4 is 10.9 Å². The summed E-state index contributed by atoms with van der Waals surface area (Å²) in [7, 11) is 3.61. The van der Waals surface area contributed by atoms with Gasteiger partial charge in [0.25, 0.3) is 5.56 Å². The summed E-state index contributed by atoms with van der Waals surface area (Å²) in [5.41, 5.74) is 2.04. The van der Waals surface area contributed by atoms with Crippen molar-refractivity contribution in [2.45, 2.75) is 6.54 Å². The Morgan fingerprint density at radius 3 is 3.04 bits per heavy atom. The van der Waals surface area contributed by atoms with Crippen LogP contribution in [-0.2, 0) is 23.1 Å². The van der Waals surface area contributed by atoms with Crippen molar-refractivity contribution in [1.82, 2.24) is 9.47 Å². The molecule has 2 aliphatic rings. The van der Waals surface area contributed by atoms with Gasteiger partial charge in [-0.2, -0.15) is 0 Å². The lowest BCUT2D eigenvalue weighted by Crippen LogP contribution is -2.35. The number of pyridine rings is 1. The first-order chi connectivity index (χ1) is 11.6. The lowest BCUT2D eigenvalue weighted by atomic mass is 9.82. The van der Waals surface area contributed by atoms with Crippen LogP contribution in [0.3, 0.4) is 0 Å². The fourth-order valence-electron chi connectivity index (χ4n) is 4.40. The average molecular weight is 328 g/mol. The summed E-state index contributed by atoms with van der Waals surface area (Å²) in [6.45, 7) is 4.89. The van der Waals surface area contributed by atoms with Gasteiger partial charge in [0.2, 0.25) is 0 Å². The van der Waals surface area contributed by atoms with E-state index in [-0.39, 0.29) is 11.0 Å². The highest BCUT2D eigenvalue weighted by Gasteiger charge is 2.50. The highest BCUT2D eigenvalue weighted by Crippen LogP contribution is 2.41. The molecule has 2 atom stereocenters. The summed E-state index contributed by atoms with van der Waals surface area (Å²) in [6.07, 6.45) is 0. The molecule has 2 aromatic rings. The second-order valence-electron chi connectivity index (χ2n) is 7.27. The van der Waals surface area contributed by atoms with Crippen molar-refractivity contribution in [3.63, 3.8) is 0 Å². The van der Waals surface area contributed by atoms with Gasteiger partial charge >= 0.3 is 0 Å². The Hall–Kier alpha value is -1.69. The van der Waals surface area contributed by atoms with Crippen LogP contribution in [0.1, 0.15) is 5.56 Å². The molecule has 2 aliphatic heterocycles. The van der Waals surface area contributed by atoms with Crippen LogP contribution in [0.4, 0.5) is 0 Å². The molecule has 4 rings (SSSR count). The maximum absolute atomic E-state index is 12.7. The van der Waals surface area contributed by atoms with Gasteiger partial charge in [0.1, 0.15) is 0 Å². The molecule has 0 aliphatic carbocycles. The van der Waals surface area contributed by atoms with Gasteiger partial charge in [-0.05, 0) is 17.5 Å². The van der Waals surface area contributed by atoms with Crippen LogP contribution in [0, 0.1) is 11.3 Å². The van der Waals surface area contributed by atoms with Crippen molar-refractivity contribution in [1.29, 1.82) is 0 Å². The van der Waals surface area contributed by atoms with Crippen molar-refractivity contribution in [2.75, 3.05) is 40.0 Å².